The molecule has 0 amide bonds. The summed E-state index contributed by atoms with van der Waals surface area (Å²) < 4.78 is 0. The van der Waals surface area contributed by atoms with Gasteiger partial charge in [-0.25, -0.2) is 0 Å². The van der Waals surface area contributed by atoms with Crippen molar-refractivity contribution in [1.29, 1.82) is 0 Å². The van der Waals surface area contributed by atoms with E-state index in [-0.39, 0.29) is 6.04 Å². The summed E-state index contributed by atoms with van der Waals surface area (Å²) in [6, 6.07) is -0.0808. The molecule has 0 radical (unpaired) electrons. The Balaban J connectivity index is 2.68. The molecule has 1 aliphatic rings. The molecule has 0 heterocycles. The van der Waals surface area contributed by atoms with Crippen molar-refractivity contribution in [2.75, 3.05) is 0 Å². The van der Waals surface area contributed by atoms with Crippen LogP contribution in [-0.2, 0) is 0 Å². The van der Waals surface area contributed by atoms with E-state index in [1.807, 2.05) is 6.92 Å². The summed E-state index contributed by atoms with van der Waals surface area (Å²) in [6.45, 7) is 4.07. The van der Waals surface area contributed by atoms with Gasteiger partial charge in [-0.1, -0.05) is 26.2 Å². The Morgan fingerprint density at radius 1 is 1.58 bits per heavy atom. The molecule has 1 aliphatic carbocycles. The second-order valence-corrected chi connectivity index (χ2v) is 4.13. The lowest BCUT2D eigenvalue weighted by atomic mass is 9.71. The van der Waals surface area contributed by atoms with Crippen molar-refractivity contribution in [2.45, 2.75) is 57.6 Å². The fourth-order valence-electron chi connectivity index (χ4n) is 2.41. The smallest absolute Gasteiger partial charge is 0.0823 e. The highest BCUT2D eigenvalue weighted by Gasteiger charge is 2.40. The van der Waals surface area contributed by atoms with Crippen molar-refractivity contribution in [2.24, 2.45) is 11.7 Å². The molecule has 0 bridgehead atoms. The van der Waals surface area contributed by atoms with Crippen LogP contribution in [0.25, 0.3) is 0 Å². The van der Waals surface area contributed by atoms with Crippen LogP contribution in [-0.4, -0.2) is 16.7 Å². The lowest BCUT2D eigenvalue weighted by molar-refractivity contribution is -0.0654. The topological polar surface area (TPSA) is 46.2 Å². The van der Waals surface area contributed by atoms with E-state index in [2.05, 4.69) is 6.92 Å². The number of rotatable bonds is 2. The molecule has 0 aliphatic heterocycles. The van der Waals surface area contributed by atoms with Crippen molar-refractivity contribution in [1.82, 2.24) is 0 Å². The lowest BCUT2D eigenvalue weighted by Gasteiger charge is -2.42. The lowest BCUT2D eigenvalue weighted by Crippen LogP contribution is -2.53. The minimum atomic E-state index is -0.576. The summed E-state index contributed by atoms with van der Waals surface area (Å²) >= 11 is 0. The van der Waals surface area contributed by atoms with E-state index >= 15 is 0 Å². The average molecular weight is 171 g/mol. The molecule has 3 atom stereocenters. The van der Waals surface area contributed by atoms with Crippen LogP contribution in [0.3, 0.4) is 0 Å². The zero-order chi connectivity index (χ0) is 9.19. The average Bonchev–Trinajstić information content (AvgIpc) is 2.05. The predicted molar refractivity (Wildman–Crippen MR) is 50.8 cm³/mol. The Bertz CT molecular complexity index is 147. The van der Waals surface area contributed by atoms with Crippen LogP contribution in [0.15, 0.2) is 0 Å². The largest absolute Gasteiger partial charge is 0.388 e. The maximum atomic E-state index is 10.3. The van der Waals surface area contributed by atoms with Gasteiger partial charge in [-0.05, 0) is 25.7 Å². The summed E-state index contributed by atoms with van der Waals surface area (Å²) in [5, 5.41) is 10.3. The van der Waals surface area contributed by atoms with Gasteiger partial charge in [-0.15, -0.1) is 0 Å². The Kier molecular flexibility index (Phi) is 3.13. The van der Waals surface area contributed by atoms with E-state index in [1.165, 1.54) is 6.42 Å². The van der Waals surface area contributed by atoms with Gasteiger partial charge in [0.1, 0.15) is 0 Å². The van der Waals surface area contributed by atoms with Crippen LogP contribution in [0.5, 0.6) is 0 Å². The quantitative estimate of drug-likeness (QED) is 0.664. The highest BCUT2D eigenvalue weighted by Crippen LogP contribution is 2.37. The first-order valence-corrected chi connectivity index (χ1v) is 5.09. The van der Waals surface area contributed by atoms with Crippen molar-refractivity contribution < 1.29 is 5.11 Å². The number of nitrogens with two attached hydrogens (primary N) is 1. The van der Waals surface area contributed by atoms with E-state index in [4.69, 9.17) is 5.73 Å². The van der Waals surface area contributed by atoms with E-state index in [1.54, 1.807) is 0 Å². The molecule has 1 rings (SSSR count). The molecule has 0 aromatic heterocycles. The summed E-state index contributed by atoms with van der Waals surface area (Å²) in [4.78, 5) is 0. The Morgan fingerprint density at radius 3 is 2.67 bits per heavy atom. The first kappa shape index (κ1) is 10.0. The summed E-state index contributed by atoms with van der Waals surface area (Å²) in [6.07, 6.45) is 5.48. The van der Waals surface area contributed by atoms with Crippen molar-refractivity contribution in [3.63, 3.8) is 0 Å². The number of hydrogen-bond acceptors (Lipinski definition) is 2. The molecule has 2 nitrogen and oxygen atoms in total. The van der Waals surface area contributed by atoms with Crippen molar-refractivity contribution in [3.05, 3.63) is 0 Å². The molecule has 0 saturated heterocycles. The summed E-state index contributed by atoms with van der Waals surface area (Å²) in [7, 11) is 0. The molecule has 12 heavy (non-hydrogen) atoms. The zero-order valence-electron chi connectivity index (χ0n) is 8.21. The molecule has 3 unspecified atom stereocenters. The Hall–Kier alpha value is -0.0800. The van der Waals surface area contributed by atoms with Gasteiger partial charge in [0.05, 0.1) is 5.60 Å². The van der Waals surface area contributed by atoms with E-state index in [9.17, 15) is 5.11 Å². The summed E-state index contributed by atoms with van der Waals surface area (Å²) in [5.74, 6) is 0.422. The standard InChI is InChI=1S/C10H21NO/c1-3-9-6-4-5-7-10(9,12)8(2)11/h8-9,12H,3-7,11H2,1-2H3. The minimum absolute atomic E-state index is 0.0808. The molecule has 0 spiro atoms. The van der Waals surface area contributed by atoms with Crippen LogP contribution in [0, 0.1) is 5.92 Å². The van der Waals surface area contributed by atoms with Gasteiger partial charge >= 0.3 is 0 Å². The van der Waals surface area contributed by atoms with Gasteiger partial charge in [0.2, 0.25) is 0 Å². The van der Waals surface area contributed by atoms with Gasteiger partial charge in [0, 0.05) is 6.04 Å². The molecular weight excluding hydrogens is 150 g/mol. The van der Waals surface area contributed by atoms with Crippen molar-refractivity contribution >= 4 is 0 Å². The molecule has 2 heteroatoms. The first-order chi connectivity index (χ1) is 5.61. The Labute approximate surface area is 75.2 Å². The summed E-state index contributed by atoms with van der Waals surface area (Å²) in [5.41, 5.74) is 5.24. The SMILES string of the molecule is CCC1CCCCC1(O)C(C)N. The molecule has 3 N–H and O–H groups in total. The van der Waals surface area contributed by atoms with Gasteiger partial charge in [0.25, 0.3) is 0 Å². The number of aliphatic hydroxyl groups is 1. The third-order valence-corrected chi connectivity index (χ3v) is 3.37. The number of hydrogen-bond donors (Lipinski definition) is 2. The monoisotopic (exact) mass is 171 g/mol. The zero-order valence-corrected chi connectivity index (χ0v) is 8.21. The second-order valence-electron chi connectivity index (χ2n) is 4.13. The molecule has 1 fully saturated rings. The fourth-order valence-corrected chi connectivity index (χ4v) is 2.41. The minimum Gasteiger partial charge on any atom is -0.388 e. The van der Waals surface area contributed by atoms with Crippen LogP contribution >= 0.6 is 0 Å². The van der Waals surface area contributed by atoms with E-state index in [0.29, 0.717) is 5.92 Å². The fraction of sp³-hybridized carbons (Fsp3) is 1.00. The highest BCUT2D eigenvalue weighted by molar-refractivity contribution is 4.95. The van der Waals surface area contributed by atoms with Gasteiger partial charge in [0.15, 0.2) is 0 Å². The third-order valence-electron chi connectivity index (χ3n) is 3.37. The van der Waals surface area contributed by atoms with Gasteiger partial charge in [-0.3, -0.25) is 0 Å². The Morgan fingerprint density at radius 2 is 2.25 bits per heavy atom. The van der Waals surface area contributed by atoms with Crippen molar-refractivity contribution in [3.8, 4) is 0 Å². The maximum absolute atomic E-state index is 10.3. The van der Waals surface area contributed by atoms with Gasteiger partial charge < -0.3 is 10.8 Å². The van der Waals surface area contributed by atoms with Crippen LogP contribution < -0.4 is 5.73 Å². The first-order valence-electron chi connectivity index (χ1n) is 5.09. The molecule has 1 saturated carbocycles. The van der Waals surface area contributed by atoms with E-state index in [0.717, 1.165) is 25.7 Å². The van der Waals surface area contributed by atoms with E-state index < -0.39 is 5.60 Å². The van der Waals surface area contributed by atoms with Crippen LogP contribution in [0.4, 0.5) is 0 Å². The molecule has 0 aromatic rings. The normalized spacial score (nSPS) is 39.5. The highest BCUT2D eigenvalue weighted by atomic mass is 16.3. The molecule has 72 valence electrons. The van der Waals surface area contributed by atoms with Gasteiger partial charge in [-0.2, -0.15) is 0 Å². The molecule has 0 aromatic carbocycles. The van der Waals surface area contributed by atoms with Crippen LogP contribution in [0.2, 0.25) is 0 Å². The molecular formula is C10H21NO. The maximum Gasteiger partial charge on any atom is 0.0823 e. The predicted octanol–water partition coefficient (Wildman–Crippen LogP) is 1.66. The third kappa shape index (κ3) is 1.64. The van der Waals surface area contributed by atoms with Crippen LogP contribution in [0.1, 0.15) is 46.0 Å². The second kappa shape index (κ2) is 3.75.